The molecule has 1 heterocycles. The average molecular weight is 435 g/mol. The molecule has 5 atom stereocenters. The first kappa shape index (κ1) is 23.2. The third-order valence-electron chi connectivity index (χ3n) is 6.30. The van der Waals surface area contributed by atoms with Gasteiger partial charge in [-0.15, -0.1) is 0 Å². The van der Waals surface area contributed by atoms with Gasteiger partial charge < -0.3 is 28.8 Å². The third-order valence-corrected chi connectivity index (χ3v) is 10.8. The molecule has 2 N–H and O–H groups in total. The van der Waals surface area contributed by atoms with Gasteiger partial charge in [-0.05, 0) is 29.6 Å². The molecule has 0 saturated carbocycles. The van der Waals surface area contributed by atoms with E-state index in [1.807, 2.05) is 42.5 Å². The van der Waals surface area contributed by atoms with Gasteiger partial charge in [-0.2, -0.15) is 0 Å². The molecule has 1 aliphatic heterocycles. The minimum Gasteiger partial charge on any atom is -0.484 e. The fourth-order valence-electron chi connectivity index (χ4n) is 3.33. The maximum atomic E-state index is 11.0. The summed E-state index contributed by atoms with van der Waals surface area (Å²) in [6.45, 7) is 11.0. The molecule has 1 saturated heterocycles. The molecular formula is C23H34O6Si. The second-order valence-corrected chi connectivity index (χ2v) is 14.2. The molecule has 0 aliphatic carbocycles. The SMILES string of the molecule is CO[C@@H]1O[C@H](CO[Si](C)(C)C(C)(C)C)[C@H](O)[C@H](Oc2cccc3ccccc23)[C@H]1O. The van der Waals surface area contributed by atoms with E-state index in [1.54, 1.807) is 0 Å². The number of aliphatic hydroxyl groups is 2. The van der Waals surface area contributed by atoms with Crippen molar-refractivity contribution in [1.29, 1.82) is 0 Å². The van der Waals surface area contributed by atoms with Crippen molar-refractivity contribution in [1.82, 2.24) is 0 Å². The molecule has 0 amide bonds. The Balaban J connectivity index is 1.82. The lowest BCUT2D eigenvalue weighted by molar-refractivity contribution is -0.289. The lowest BCUT2D eigenvalue weighted by atomic mass is 9.98. The molecule has 2 aromatic carbocycles. The van der Waals surface area contributed by atoms with Crippen LogP contribution in [0.1, 0.15) is 20.8 Å². The van der Waals surface area contributed by atoms with Gasteiger partial charge in [0, 0.05) is 12.5 Å². The van der Waals surface area contributed by atoms with Crippen molar-refractivity contribution < 1.29 is 28.8 Å². The Morgan fingerprint density at radius 1 is 1.00 bits per heavy atom. The lowest BCUT2D eigenvalue weighted by Gasteiger charge is -2.43. The highest BCUT2D eigenvalue weighted by Crippen LogP contribution is 2.37. The van der Waals surface area contributed by atoms with Crippen molar-refractivity contribution >= 4 is 19.1 Å². The van der Waals surface area contributed by atoms with E-state index in [4.69, 9.17) is 18.6 Å². The summed E-state index contributed by atoms with van der Waals surface area (Å²) >= 11 is 0. The lowest BCUT2D eigenvalue weighted by Crippen LogP contribution is -2.61. The average Bonchev–Trinajstić information content (AvgIpc) is 2.70. The van der Waals surface area contributed by atoms with E-state index < -0.39 is 39.0 Å². The van der Waals surface area contributed by atoms with Crippen molar-refractivity contribution in [2.45, 2.75) is 69.6 Å². The van der Waals surface area contributed by atoms with E-state index in [-0.39, 0.29) is 11.6 Å². The van der Waals surface area contributed by atoms with Gasteiger partial charge in [-0.3, -0.25) is 0 Å². The summed E-state index contributed by atoms with van der Waals surface area (Å²) in [5.41, 5.74) is 0. The number of aliphatic hydroxyl groups excluding tert-OH is 2. The first-order valence-corrected chi connectivity index (χ1v) is 13.3. The van der Waals surface area contributed by atoms with Crippen LogP contribution < -0.4 is 4.74 Å². The smallest absolute Gasteiger partial charge is 0.192 e. The molecule has 6 nitrogen and oxygen atoms in total. The highest BCUT2D eigenvalue weighted by atomic mass is 28.4. The molecule has 30 heavy (non-hydrogen) atoms. The maximum absolute atomic E-state index is 11.0. The summed E-state index contributed by atoms with van der Waals surface area (Å²) in [6.07, 6.45) is -4.72. The molecule has 0 spiro atoms. The van der Waals surface area contributed by atoms with Crippen LogP contribution in [0.15, 0.2) is 42.5 Å². The summed E-state index contributed by atoms with van der Waals surface area (Å²) in [6, 6.07) is 13.6. The van der Waals surface area contributed by atoms with Gasteiger partial charge >= 0.3 is 0 Å². The minimum atomic E-state index is -2.04. The molecular weight excluding hydrogens is 400 g/mol. The van der Waals surface area contributed by atoms with Crippen molar-refractivity contribution in [3.8, 4) is 5.75 Å². The Labute approximate surface area is 179 Å². The van der Waals surface area contributed by atoms with Crippen molar-refractivity contribution in [3.05, 3.63) is 42.5 Å². The normalized spacial score (nSPS) is 27.9. The zero-order valence-corrected chi connectivity index (χ0v) is 19.7. The first-order valence-electron chi connectivity index (χ1n) is 10.4. The summed E-state index contributed by atoms with van der Waals surface area (Å²) in [5, 5.41) is 23.7. The van der Waals surface area contributed by atoms with Gasteiger partial charge in [0.05, 0.1) is 6.61 Å². The standard InChI is InChI=1S/C23H34O6Si/c1-23(2,3)30(5,6)27-14-18-19(24)21(20(25)22(26-4)29-18)28-17-13-9-11-15-10-7-8-12-16(15)17/h7-13,18-22,24-25H,14H2,1-6H3/t18-,19+,20-,21+,22-/m1/s1. The highest BCUT2D eigenvalue weighted by molar-refractivity contribution is 6.74. The Hall–Kier alpha value is -1.48. The molecule has 7 heteroatoms. The fourth-order valence-corrected chi connectivity index (χ4v) is 4.34. The van der Waals surface area contributed by atoms with Crippen LogP contribution in [0.3, 0.4) is 0 Å². The summed E-state index contributed by atoms with van der Waals surface area (Å²) in [7, 11) is -0.571. The predicted octanol–water partition coefficient (Wildman–Crippen LogP) is 3.70. The van der Waals surface area contributed by atoms with Gasteiger partial charge in [0.25, 0.3) is 0 Å². The molecule has 0 unspecified atom stereocenters. The van der Waals surface area contributed by atoms with Crippen LogP contribution in [-0.4, -0.2) is 63.0 Å². The zero-order chi connectivity index (χ0) is 22.1. The predicted molar refractivity (Wildman–Crippen MR) is 119 cm³/mol. The third kappa shape index (κ3) is 4.71. The molecule has 1 aliphatic rings. The molecule has 3 rings (SSSR count). The number of benzene rings is 2. The van der Waals surface area contributed by atoms with Gasteiger partial charge in [0.1, 0.15) is 24.1 Å². The molecule has 0 radical (unpaired) electrons. The van der Waals surface area contributed by atoms with Crippen molar-refractivity contribution in [3.63, 3.8) is 0 Å². The molecule has 0 bridgehead atoms. The molecule has 166 valence electrons. The quantitative estimate of drug-likeness (QED) is 0.675. The Kier molecular flexibility index (Phi) is 6.91. The van der Waals surface area contributed by atoms with Crippen LogP contribution in [0.4, 0.5) is 0 Å². The number of methoxy groups -OCH3 is 1. The van der Waals surface area contributed by atoms with E-state index in [1.165, 1.54) is 7.11 Å². The van der Waals surface area contributed by atoms with E-state index >= 15 is 0 Å². The molecule has 2 aromatic rings. The Morgan fingerprint density at radius 2 is 1.67 bits per heavy atom. The minimum absolute atomic E-state index is 0.0334. The maximum Gasteiger partial charge on any atom is 0.192 e. The second-order valence-electron chi connectivity index (χ2n) is 9.39. The Bertz CT molecular complexity index is 844. The fraction of sp³-hybridized carbons (Fsp3) is 0.565. The first-order chi connectivity index (χ1) is 14.0. The van der Waals surface area contributed by atoms with Crippen molar-refractivity contribution in [2.75, 3.05) is 13.7 Å². The van der Waals surface area contributed by atoms with Crippen molar-refractivity contribution in [2.24, 2.45) is 0 Å². The van der Waals surface area contributed by atoms with Crippen LogP contribution in [0.5, 0.6) is 5.75 Å². The number of hydrogen-bond donors (Lipinski definition) is 2. The topological polar surface area (TPSA) is 77.4 Å². The largest absolute Gasteiger partial charge is 0.484 e. The monoisotopic (exact) mass is 434 g/mol. The number of rotatable bonds is 6. The van der Waals surface area contributed by atoms with Crippen LogP contribution >= 0.6 is 0 Å². The summed E-state index contributed by atoms with van der Waals surface area (Å²) < 4.78 is 23.6. The van der Waals surface area contributed by atoms with Gasteiger partial charge in [0.2, 0.25) is 0 Å². The summed E-state index contributed by atoms with van der Waals surface area (Å²) in [4.78, 5) is 0. The van der Waals surface area contributed by atoms with E-state index in [0.717, 1.165) is 10.8 Å². The number of hydrogen-bond acceptors (Lipinski definition) is 6. The highest BCUT2D eigenvalue weighted by Gasteiger charge is 2.48. The number of fused-ring (bicyclic) bond motifs is 1. The van der Waals surface area contributed by atoms with E-state index in [0.29, 0.717) is 5.75 Å². The second kappa shape index (κ2) is 8.94. The van der Waals surface area contributed by atoms with Gasteiger partial charge in [-0.1, -0.05) is 57.2 Å². The van der Waals surface area contributed by atoms with Crippen LogP contribution in [-0.2, 0) is 13.9 Å². The molecule has 1 fully saturated rings. The van der Waals surface area contributed by atoms with Crippen LogP contribution in [0.25, 0.3) is 10.8 Å². The van der Waals surface area contributed by atoms with Gasteiger partial charge in [0.15, 0.2) is 20.7 Å². The number of ether oxygens (including phenoxy) is 3. The Morgan fingerprint density at radius 3 is 2.33 bits per heavy atom. The van der Waals surface area contributed by atoms with Gasteiger partial charge in [-0.25, -0.2) is 0 Å². The van der Waals surface area contributed by atoms with Crippen LogP contribution in [0, 0.1) is 0 Å². The van der Waals surface area contributed by atoms with Crippen LogP contribution in [0.2, 0.25) is 18.1 Å². The zero-order valence-electron chi connectivity index (χ0n) is 18.7. The summed E-state index contributed by atoms with van der Waals surface area (Å²) in [5.74, 6) is 0.594. The van der Waals surface area contributed by atoms with E-state index in [9.17, 15) is 10.2 Å². The van der Waals surface area contributed by atoms with E-state index in [2.05, 4.69) is 33.9 Å². The molecule has 0 aromatic heterocycles.